The Hall–Kier alpha value is -1.83. The highest BCUT2D eigenvalue weighted by Crippen LogP contribution is 2.13. The zero-order valence-corrected chi connectivity index (χ0v) is 9.65. The summed E-state index contributed by atoms with van der Waals surface area (Å²) < 4.78 is 0. The Morgan fingerprint density at radius 2 is 2.00 bits per heavy atom. The Morgan fingerprint density at radius 1 is 1.38 bits per heavy atom. The van der Waals surface area contributed by atoms with E-state index in [-0.39, 0.29) is 5.91 Å². The fraction of sp³-hybridized carbons (Fsp3) is 0.214. The van der Waals surface area contributed by atoms with Crippen LogP contribution in [0.25, 0.3) is 5.57 Å². The summed E-state index contributed by atoms with van der Waals surface area (Å²) in [5, 5.41) is 0. The van der Waals surface area contributed by atoms with Gasteiger partial charge in [-0.15, -0.1) is 0 Å². The minimum atomic E-state index is -0.0559. The number of carbonyl (C=O) groups is 1. The Morgan fingerprint density at radius 3 is 2.50 bits per heavy atom. The minimum Gasteiger partial charge on any atom is -0.335 e. The number of rotatable bonds is 5. The van der Waals surface area contributed by atoms with Gasteiger partial charge in [-0.25, -0.2) is 0 Å². The van der Waals surface area contributed by atoms with Crippen LogP contribution in [0.1, 0.15) is 12.5 Å². The van der Waals surface area contributed by atoms with Gasteiger partial charge in [0.2, 0.25) is 5.91 Å². The van der Waals surface area contributed by atoms with Crippen LogP contribution < -0.4 is 0 Å². The molecule has 0 unspecified atom stereocenters. The van der Waals surface area contributed by atoms with Crippen molar-refractivity contribution in [2.24, 2.45) is 0 Å². The zero-order chi connectivity index (χ0) is 12.0. The molecule has 0 spiro atoms. The molecule has 0 aromatic heterocycles. The molecule has 1 rings (SSSR count). The molecule has 84 valence electrons. The van der Waals surface area contributed by atoms with Crippen molar-refractivity contribution < 1.29 is 4.79 Å². The third-order valence-electron chi connectivity index (χ3n) is 2.43. The smallest absolute Gasteiger partial charge is 0.246 e. The third kappa shape index (κ3) is 3.09. The van der Waals surface area contributed by atoms with Crippen molar-refractivity contribution in [1.29, 1.82) is 0 Å². The second kappa shape index (κ2) is 5.91. The molecule has 0 fully saturated rings. The topological polar surface area (TPSA) is 20.3 Å². The molecule has 2 nitrogen and oxygen atoms in total. The van der Waals surface area contributed by atoms with Gasteiger partial charge in [0.05, 0.1) is 0 Å². The summed E-state index contributed by atoms with van der Waals surface area (Å²) in [5.41, 5.74) is 2.01. The summed E-state index contributed by atoms with van der Waals surface area (Å²) >= 11 is 0. The Labute approximate surface area is 96.9 Å². The molecule has 0 saturated carbocycles. The van der Waals surface area contributed by atoms with Crippen molar-refractivity contribution in [2.45, 2.75) is 6.92 Å². The first kappa shape index (κ1) is 12.2. The van der Waals surface area contributed by atoms with Crippen LogP contribution >= 0.6 is 0 Å². The van der Waals surface area contributed by atoms with Crippen molar-refractivity contribution in [3.05, 3.63) is 55.1 Å². The predicted molar refractivity (Wildman–Crippen MR) is 67.9 cm³/mol. The highest BCUT2D eigenvalue weighted by atomic mass is 16.2. The lowest BCUT2D eigenvalue weighted by atomic mass is 10.1. The van der Waals surface area contributed by atoms with E-state index >= 15 is 0 Å². The average molecular weight is 215 g/mol. The maximum absolute atomic E-state index is 11.5. The maximum atomic E-state index is 11.5. The van der Waals surface area contributed by atoms with Gasteiger partial charge in [0.25, 0.3) is 0 Å². The summed E-state index contributed by atoms with van der Waals surface area (Å²) in [7, 11) is 0. The Balaban J connectivity index is 2.70. The average Bonchev–Trinajstić information content (AvgIpc) is 2.35. The van der Waals surface area contributed by atoms with Gasteiger partial charge in [-0.05, 0) is 24.1 Å². The van der Waals surface area contributed by atoms with Crippen LogP contribution in [0.15, 0.2) is 49.6 Å². The van der Waals surface area contributed by atoms with Crippen molar-refractivity contribution in [2.75, 3.05) is 13.1 Å². The van der Waals surface area contributed by atoms with Crippen molar-refractivity contribution in [3.8, 4) is 0 Å². The van der Waals surface area contributed by atoms with E-state index in [1.54, 1.807) is 4.90 Å². The summed E-state index contributed by atoms with van der Waals surface area (Å²) in [5.74, 6) is -0.0559. The van der Waals surface area contributed by atoms with Gasteiger partial charge in [0, 0.05) is 13.1 Å². The van der Waals surface area contributed by atoms with Gasteiger partial charge in [-0.1, -0.05) is 43.5 Å². The molecule has 0 aliphatic carbocycles. The van der Waals surface area contributed by atoms with Gasteiger partial charge >= 0.3 is 0 Å². The number of benzene rings is 1. The lowest BCUT2D eigenvalue weighted by molar-refractivity contribution is -0.125. The summed E-state index contributed by atoms with van der Waals surface area (Å²) in [4.78, 5) is 13.2. The molecule has 0 N–H and O–H groups in total. The molecule has 16 heavy (non-hydrogen) atoms. The molecule has 0 heterocycles. The number of amides is 1. The first-order chi connectivity index (χ1) is 7.69. The van der Waals surface area contributed by atoms with Crippen molar-refractivity contribution in [3.63, 3.8) is 0 Å². The lowest BCUT2D eigenvalue weighted by Gasteiger charge is -2.20. The fourth-order valence-corrected chi connectivity index (χ4v) is 1.47. The van der Waals surface area contributed by atoms with E-state index in [0.717, 1.165) is 11.1 Å². The van der Waals surface area contributed by atoms with Gasteiger partial charge in [-0.3, -0.25) is 4.79 Å². The molecule has 0 bridgehead atoms. The molecule has 0 saturated heterocycles. The van der Waals surface area contributed by atoms with E-state index in [4.69, 9.17) is 0 Å². The Kier molecular flexibility index (Phi) is 4.52. The molecular formula is C14H17NO. The van der Waals surface area contributed by atoms with E-state index in [0.29, 0.717) is 13.1 Å². The van der Waals surface area contributed by atoms with Crippen LogP contribution in [0.2, 0.25) is 0 Å². The normalized spacial score (nSPS) is 9.56. The van der Waals surface area contributed by atoms with Crippen molar-refractivity contribution in [1.82, 2.24) is 4.90 Å². The van der Waals surface area contributed by atoms with E-state index in [2.05, 4.69) is 13.2 Å². The number of carbonyl (C=O) groups excluding carboxylic acids is 1. The van der Waals surface area contributed by atoms with Gasteiger partial charge in [0.15, 0.2) is 0 Å². The molecule has 0 aliphatic rings. The van der Waals surface area contributed by atoms with Crippen molar-refractivity contribution >= 4 is 11.5 Å². The standard InChI is InChI=1S/C14H17NO/c1-4-14(16)15(5-2)11-12(3)13-9-7-6-8-10-13/h4,6-10H,1,3,5,11H2,2H3. The lowest BCUT2D eigenvalue weighted by Crippen LogP contribution is -2.30. The van der Waals surface area contributed by atoms with Crippen LogP contribution in [0.5, 0.6) is 0 Å². The van der Waals surface area contributed by atoms with E-state index in [1.807, 2.05) is 37.3 Å². The van der Waals surface area contributed by atoms with Gasteiger partial charge in [0.1, 0.15) is 0 Å². The van der Waals surface area contributed by atoms with Gasteiger partial charge < -0.3 is 4.90 Å². The Bertz CT molecular complexity index is 381. The first-order valence-electron chi connectivity index (χ1n) is 5.33. The highest BCUT2D eigenvalue weighted by molar-refractivity contribution is 5.88. The second-order valence-corrected chi connectivity index (χ2v) is 3.53. The van der Waals surface area contributed by atoms with Crippen LogP contribution in [0.4, 0.5) is 0 Å². The third-order valence-corrected chi connectivity index (χ3v) is 2.43. The van der Waals surface area contributed by atoms with E-state index in [9.17, 15) is 4.79 Å². The highest BCUT2D eigenvalue weighted by Gasteiger charge is 2.09. The minimum absolute atomic E-state index is 0.0559. The summed E-state index contributed by atoms with van der Waals surface area (Å²) in [6, 6.07) is 9.88. The van der Waals surface area contributed by atoms with Gasteiger partial charge in [-0.2, -0.15) is 0 Å². The number of hydrogen-bond donors (Lipinski definition) is 0. The molecule has 0 atom stereocenters. The molecule has 1 amide bonds. The van der Waals surface area contributed by atoms with Crippen LogP contribution in [-0.2, 0) is 4.79 Å². The monoisotopic (exact) mass is 215 g/mol. The molecule has 1 aromatic rings. The molecule has 0 radical (unpaired) electrons. The number of nitrogens with zero attached hydrogens (tertiary/aromatic N) is 1. The molecular weight excluding hydrogens is 198 g/mol. The zero-order valence-electron chi connectivity index (χ0n) is 9.65. The SMILES string of the molecule is C=CC(=O)N(CC)CC(=C)c1ccccc1. The summed E-state index contributed by atoms with van der Waals surface area (Å²) in [6.07, 6.45) is 1.34. The molecule has 1 aromatic carbocycles. The predicted octanol–water partition coefficient (Wildman–Crippen LogP) is 2.73. The molecule has 0 aliphatic heterocycles. The van der Waals surface area contributed by atoms with Crippen LogP contribution in [0, 0.1) is 0 Å². The fourth-order valence-electron chi connectivity index (χ4n) is 1.47. The number of hydrogen-bond acceptors (Lipinski definition) is 1. The van der Waals surface area contributed by atoms with E-state index < -0.39 is 0 Å². The largest absolute Gasteiger partial charge is 0.335 e. The molecule has 2 heteroatoms. The van der Waals surface area contributed by atoms with Crippen LogP contribution in [-0.4, -0.2) is 23.9 Å². The summed E-state index contributed by atoms with van der Waals surface area (Å²) in [6.45, 7) is 10.6. The van der Waals surface area contributed by atoms with Crippen LogP contribution in [0.3, 0.4) is 0 Å². The van der Waals surface area contributed by atoms with E-state index in [1.165, 1.54) is 6.08 Å². The second-order valence-electron chi connectivity index (χ2n) is 3.53. The quantitative estimate of drug-likeness (QED) is 0.692. The first-order valence-corrected chi connectivity index (χ1v) is 5.33. The maximum Gasteiger partial charge on any atom is 0.246 e. The number of likely N-dealkylation sites (N-methyl/N-ethyl adjacent to an activating group) is 1.